The van der Waals surface area contributed by atoms with Gasteiger partial charge in [0.05, 0.1) is 11.6 Å². The molecule has 1 aromatic heterocycles. The van der Waals surface area contributed by atoms with Crippen molar-refractivity contribution in [2.75, 3.05) is 26.8 Å². The van der Waals surface area contributed by atoms with E-state index in [-0.39, 0.29) is 0 Å². The highest BCUT2D eigenvalue weighted by atomic mass is 35.5. The molecule has 1 aromatic carbocycles. The number of benzene rings is 1. The van der Waals surface area contributed by atoms with Gasteiger partial charge in [-0.05, 0) is 31.2 Å². The van der Waals surface area contributed by atoms with Crippen molar-refractivity contribution in [3.8, 4) is 0 Å². The van der Waals surface area contributed by atoms with Crippen LogP contribution in [-0.2, 0) is 4.74 Å². The minimum absolute atomic E-state index is 0.651. The van der Waals surface area contributed by atoms with E-state index in [4.69, 9.17) is 20.8 Å². The van der Waals surface area contributed by atoms with E-state index in [2.05, 4.69) is 11.4 Å². The molecule has 2 rings (SSSR count). The average Bonchev–Trinajstić information content (AvgIpc) is 2.82. The van der Waals surface area contributed by atoms with Crippen molar-refractivity contribution < 1.29 is 9.15 Å². The van der Waals surface area contributed by atoms with E-state index in [1.165, 1.54) is 0 Å². The largest absolute Gasteiger partial charge is 0.455 e. The molecule has 102 valence electrons. The maximum Gasteiger partial charge on any atom is 0.153 e. The SMILES string of the molecule is COCCNCC/C=C/c1cc2cccc(Cl)c2o1. The highest BCUT2D eigenvalue weighted by Crippen LogP contribution is 2.27. The van der Waals surface area contributed by atoms with Crippen LogP contribution in [0.25, 0.3) is 17.0 Å². The Balaban J connectivity index is 1.85. The van der Waals surface area contributed by atoms with Crippen LogP contribution in [-0.4, -0.2) is 26.8 Å². The number of hydrogen-bond donors (Lipinski definition) is 1. The first-order valence-electron chi connectivity index (χ1n) is 6.35. The van der Waals surface area contributed by atoms with Crippen LogP contribution in [0.15, 0.2) is 34.8 Å². The molecular weight excluding hydrogens is 262 g/mol. The Hall–Kier alpha value is -1.29. The van der Waals surface area contributed by atoms with E-state index in [1.807, 2.05) is 30.3 Å². The standard InChI is InChI=1S/C15H18ClNO2/c1-18-10-9-17-8-3-2-6-13-11-12-5-4-7-14(16)15(12)19-13/h2,4-7,11,17H,3,8-10H2,1H3/b6-2+. The number of hydrogen-bond acceptors (Lipinski definition) is 3. The van der Waals surface area contributed by atoms with Crippen molar-refractivity contribution in [1.82, 2.24) is 5.32 Å². The monoisotopic (exact) mass is 279 g/mol. The van der Waals surface area contributed by atoms with Gasteiger partial charge in [0.2, 0.25) is 0 Å². The van der Waals surface area contributed by atoms with Crippen molar-refractivity contribution in [1.29, 1.82) is 0 Å². The van der Waals surface area contributed by atoms with Crippen LogP contribution in [0.5, 0.6) is 0 Å². The second kappa shape index (κ2) is 7.34. The van der Waals surface area contributed by atoms with E-state index >= 15 is 0 Å². The first-order valence-corrected chi connectivity index (χ1v) is 6.73. The molecule has 0 saturated heterocycles. The van der Waals surface area contributed by atoms with E-state index in [0.29, 0.717) is 5.02 Å². The Labute approximate surface area is 118 Å². The molecule has 3 nitrogen and oxygen atoms in total. The van der Waals surface area contributed by atoms with Crippen LogP contribution in [0.4, 0.5) is 0 Å². The molecule has 1 N–H and O–H groups in total. The molecule has 0 amide bonds. The van der Waals surface area contributed by atoms with E-state index in [1.54, 1.807) is 7.11 Å². The van der Waals surface area contributed by atoms with Crippen LogP contribution in [0.2, 0.25) is 5.02 Å². The third kappa shape index (κ3) is 4.10. The molecule has 0 aliphatic carbocycles. The van der Waals surface area contributed by atoms with Gasteiger partial charge in [0, 0.05) is 19.0 Å². The molecule has 0 aliphatic rings. The van der Waals surface area contributed by atoms with E-state index in [0.717, 1.165) is 42.8 Å². The van der Waals surface area contributed by atoms with Gasteiger partial charge in [-0.3, -0.25) is 0 Å². The van der Waals surface area contributed by atoms with Crippen LogP contribution in [0, 0.1) is 0 Å². The molecule has 0 saturated carbocycles. The Bertz CT molecular complexity index is 548. The van der Waals surface area contributed by atoms with Gasteiger partial charge in [-0.2, -0.15) is 0 Å². The fraction of sp³-hybridized carbons (Fsp3) is 0.333. The van der Waals surface area contributed by atoms with Crippen molar-refractivity contribution in [3.05, 3.63) is 41.1 Å². The number of methoxy groups -OCH3 is 1. The van der Waals surface area contributed by atoms with Gasteiger partial charge in [-0.25, -0.2) is 0 Å². The summed E-state index contributed by atoms with van der Waals surface area (Å²) in [4.78, 5) is 0. The number of para-hydroxylation sites is 1. The molecule has 2 aromatic rings. The summed E-state index contributed by atoms with van der Waals surface area (Å²) in [6.07, 6.45) is 5.02. The molecule has 0 spiro atoms. The average molecular weight is 280 g/mol. The molecule has 0 atom stereocenters. The molecule has 0 aliphatic heterocycles. The predicted molar refractivity (Wildman–Crippen MR) is 79.6 cm³/mol. The lowest BCUT2D eigenvalue weighted by Crippen LogP contribution is -2.19. The van der Waals surface area contributed by atoms with E-state index in [9.17, 15) is 0 Å². The van der Waals surface area contributed by atoms with E-state index < -0.39 is 0 Å². The summed E-state index contributed by atoms with van der Waals surface area (Å²) >= 11 is 6.06. The Morgan fingerprint density at radius 2 is 2.26 bits per heavy atom. The third-order valence-electron chi connectivity index (χ3n) is 2.77. The van der Waals surface area contributed by atoms with Crippen LogP contribution >= 0.6 is 11.6 Å². The summed E-state index contributed by atoms with van der Waals surface area (Å²) in [6, 6.07) is 7.75. The van der Waals surface area contributed by atoms with Crippen LogP contribution in [0.1, 0.15) is 12.2 Å². The summed E-state index contributed by atoms with van der Waals surface area (Å²) in [5.74, 6) is 0.833. The lowest BCUT2D eigenvalue weighted by molar-refractivity contribution is 0.199. The number of ether oxygens (including phenoxy) is 1. The molecule has 0 bridgehead atoms. The van der Waals surface area contributed by atoms with Gasteiger partial charge in [-0.1, -0.05) is 29.8 Å². The summed E-state index contributed by atoms with van der Waals surface area (Å²) in [7, 11) is 1.70. The van der Waals surface area contributed by atoms with Gasteiger partial charge in [0.15, 0.2) is 5.58 Å². The number of furan rings is 1. The molecular formula is C15H18ClNO2. The highest BCUT2D eigenvalue weighted by Gasteiger charge is 2.03. The Morgan fingerprint density at radius 3 is 3.05 bits per heavy atom. The number of halogens is 1. The highest BCUT2D eigenvalue weighted by molar-refractivity contribution is 6.34. The number of fused-ring (bicyclic) bond motifs is 1. The summed E-state index contributed by atoms with van der Waals surface area (Å²) < 4.78 is 10.6. The minimum atomic E-state index is 0.651. The Kier molecular flexibility index (Phi) is 5.45. The maximum absolute atomic E-state index is 6.06. The van der Waals surface area contributed by atoms with Crippen molar-refractivity contribution in [2.24, 2.45) is 0 Å². The minimum Gasteiger partial charge on any atom is -0.455 e. The fourth-order valence-electron chi connectivity index (χ4n) is 1.81. The zero-order valence-electron chi connectivity index (χ0n) is 11.0. The molecule has 0 fully saturated rings. The second-order valence-corrected chi connectivity index (χ2v) is 4.65. The fourth-order valence-corrected chi connectivity index (χ4v) is 2.03. The van der Waals surface area contributed by atoms with Gasteiger partial charge < -0.3 is 14.5 Å². The zero-order chi connectivity index (χ0) is 13.5. The molecule has 0 unspecified atom stereocenters. The predicted octanol–water partition coefficient (Wildman–Crippen LogP) is 3.73. The Morgan fingerprint density at radius 1 is 1.37 bits per heavy atom. The lowest BCUT2D eigenvalue weighted by Gasteiger charge is -2.00. The van der Waals surface area contributed by atoms with Gasteiger partial charge in [0.1, 0.15) is 5.76 Å². The van der Waals surface area contributed by atoms with Gasteiger partial charge >= 0.3 is 0 Å². The lowest BCUT2D eigenvalue weighted by atomic mass is 10.2. The molecule has 1 heterocycles. The van der Waals surface area contributed by atoms with Gasteiger partial charge in [-0.15, -0.1) is 0 Å². The summed E-state index contributed by atoms with van der Waals surface area (Å²) in [5.41, 5.74) is 0.752. The van der Waals surface area contributed by atoms with Crippen molar-refractivity contribution in [3.63, 3.8) is 0 Å². The molecule has 0 radical (unpaired) electrons. The third-order valence-corrected chi connectivity index (χ3v) is 3.07. The summed E-state index contributed by atoms with van der Waals surface area (Å²) in [5, 5.41) is 4.96. The second-order valence-electron chi connectivity index (χ2n) is 4.24. The van der Waals surface area contributed by atoms with Crippen molar-refractivity contribution >= 4 is 28.6 Å². The topological polar surface area (TPSA) is 34.4 Å². The van der Waals surface area contributed by atoms with Crippen molar-refractivity contribution in [2.45, 2.75) is 6.42 Å². The molecule has 19 heavy (non-hydrogen) atoms. The molecule has 4 heteroatoms. The normalized spacial score (nSPS) is 11.7. The maximum atomic E-state index is 6.06. The first-order chi connectivity index (χ1) is 9.31. The zero-order valence-corrected chi connectivity index (χ0v) is 11.7. The quantitative estimate of drug-likeness (QED) is 0.784. The van der Waals surface area contributed by atoms with Crippen LogP contribution < -0.4 is 5.32 Å². The first kappa shape index (κ1) is 14.1. The number of nitrogens with one attached hydrogen (secondary N) is 1. The number of rotatable bonds is 7. The summed E-state index contributed by atoms with van der Waals surface area (Å²) in [6.45, 7) is 2.55. The van der Waals surface area contributed by atoms with Gasteiger partial charge in [0.25, 0.3) is 0 Å². The van der Waals surface area contributed by atoms with Crippen LogP contribution in [0.3, 0.4) is 0 Å². The smallest absolute Gasteiger partial charge is 0.153 e.